The molecule has 0 saturated carbocycles. The fourth-order valence-electron chi connectivity index (χ4n) is 3.21. The van der Waals surface area contributed by atoms with Crippen LogP contribution in [0.25, 0.3) is 0 Å². The van der Waals surface area contributed by atoms with Crippen LogP contribution in [-0.2, 0) is 11.2 Å². The van der Waals surface area contributed by atoms with Gasteiger partial charge in [0.1, 0.15) is 5.75 Å². The zero-order valence-electron chi connectivity index (χ0n) is 15.5. The molecule has 7 heteroatoms. The Labute approximate surface area is 163 Å². The van der Waals surface area contributed by atoms with Crippen molar-refractivity contribution in [1.29, 1.82) is 0 Å². The number of hydrogen-bond acceptors (Lipinski definition) is 4. The van der Waals surface area contributed by atoms with Crippen LogP contribution in [-0.4, -0.2) is 56.3 Å². The van der Waals surface area contributed by atoms with Crippen LogP contribution in [0.3, 0.4) is 0 Å². The maximum absolute atomic E-state index is 12.7. The van der Waals surface area contributed by atoms with Crippen LogP contribution in [0, 0.1) is 0 Å². The lowest BCUT2D eigenvalue weighted by Gasteiger charge is -2.31. The summed E-state index contributed by atoms with van der Waals surface area (Å²) >= 11 is 0. The van der Waals surface area contributed by atoms with Crippen molar-refractivity contribution in [3.05, 3.63) is 65.7 Å². The zero-order valence-corrected chi connectivity index (χ0v) is 15.5. The minimum absolute atomic E-state index is 0.0284. The van der Waals surface area contributed by atoms with Crippen molar-refractivity contribution >= 4 is 5.91 Å². The van der Waals surface area contributed by atoms with Gasteiger partial charge < -0.3 is 14.8 Å². The fraction of sp³-hybridized carbons (Fsp3) is 0.381. The lowest BCUT2D eigenvalue weighted by Crippen LogP contribution is -2.48. The third-order valence-electron chi connectivity index (χ3n) is 4.58. The molecule has 1 atom stereocenters. The molecule has 28 heavy (non-hydrogen) atoms. The summed E-state index contributed by atoms with van der Waals surface area (Å²) in [5, 5.41) is 3.08. The highest BCUT2D eigenvalue weighted by atomic mass is 19.3. The first-order chi connectivity index (χ1) is 13.6. The number of rotatable bonds is 8. The standard InChI is InChI=1S/C21H24F2N2O3/c22-21(23)28-19-8-6-17(7-9-19)20(26)24-18(14-16-4-2-1-3-5-16)15-25-10-12-27-13-11-25/h1-9,18,21H,10-15H2,(H,24,26). The summed E-state index contributed by atoms with van der Waals surface area (Å²) in [5.74, 6) is -0.210. The minimum atomic E-state index is -2.89. The molecule has 5 nitrogen and oxygen atoms in total. The number of halogens is 2. The maximum Gasteiger partial charge on any atom is 0.387 e. The molecule has 0 aromatic heterocycles. The molecule has 3 rings (SSSR count). The number of ether oxygens (including phenoxy) is 2. The second kappa shape index (κ2) is 10.1. The van der Waals surface area contributed by atoms with Gasteiger partial charge >= 0.3 is 6.61 Å². The summed E-state index contributed by atoms with van der Waals surface area (Å²) in [6.45, 7) is 0.886. The van der Waals surface area contributed by atoms with Crippen LogP contribution >= 0.6 is 0 Å². The molecule has 0 spiro atoms. The molecule has 1 aliphatic rings. The van der Waals surface area contributed by atoms with E-state index in [2.05, 4.69) is 15.0 Å². The van der Waals surface area contributed by atoms with Crippen molar-refractivity contribution in [1.82, 2.24) is 10.2 Å². The number of nitrogens with one attached hydrogen (secondary N) is 1. The monoisotopic (exact) mass is 390 g/mol. The van der Waals surface area contributed by atoms with E-state index in [0.717, 1.165) is 25.2 Å². The minimum Gasteiger partial charge on any atom is -0.435 e. The molecule has 0 bridgehead atoms. The van der Waals surface area contributed by atoms with Crippen molar-refractivity contribution in [2.24, 2.45) is 0 Å². The summed E-state index contributed by atoms with van der Waals surface area (Å²) in [7, 11) is 0. The van der Waals surface area contributed by atoms with E-state index in [9.17, 15) is 13.6 Å². The summed E-state index contributed by atoms with van der Waals surface area (Å²) in [4.78, 5) is 15.0. The van der Waals surface area contributed by atoms with Crippen molar-refractivity contribution in [3.8, 4) is 5.75 Å². The highest BCUT2D eigenvalue weighted by Crippen LogP contribution is 2.15. The van der Waals surface area contributed by atoms with E-state index < -0.39 is 6.61 Å². The predicted molar refractivity (Wildman–Crippen MR) is 102 cm³/mol. The number of alkyl halides is 2. The Bertz CT molecular complexity index is 735. The summed E-state index contributed by atoms with van der Waals surface area (Å²) < 4.78 is 34.3. The van der Waals surface area contributed by atoms with Crippen molar-refractivity contribution in [3.63, 3.8) is 0 Å². The van der Waals surface area contributed by atoms with Gasteiger partial charge in [0.25, 0.3) is 5.91 Å². The Hall–Kier alpha value is -2.51. The highest BCUT2D eigenvalue weighted by Gasteiger charge is 2.20. The predicted octanol–water partition coefficient (Wildman–Crippen LogP) is 2.96. The van der Waals surface area contributed by atoms with Crippen LogP contribution in [0.5, 0.6) is 5.75 Å². The van der Waals surface area contributed by atoms with Gasteiger partial charge in [-0.2, -0.15) is 8.78 Å². The Kier molecular flexibility index (Phi) is 7.33. The molecular formula is C21H24F2N2O3. The molecule has 1 aliphatic heterocycles. The molecule has 1 N–H and O–H groups in total. The van der Waals surface area contributed by atoms with Gasteiger partial charge in [0.2, 0.25) is 0 Å². The topological polar surface area (TPSA) is 50.8 Å². The van der Waals surface area contributed by atoms with E-state index >= 15 is 0 Å². The van der Waals surface area contributed by atoms with Gasteiger partial charge in [-0.1, -0.05) is 30.3 Å². The quantitative estimate of drug-likeness (QED) is 0.753. The summed E-state index contributed by atoms with van der Waals surface area (Å²) in [5.41, 5.74) is 1.54. The van der Waals surface area contributed by atoms with Gasteiger partial charge in [-0.25, -0.2) is 0 Å². The average Bonchev–Trinajstić information content (AvgIpc) is 2.69. The van der Waals surface area contributed by atoms with Gasteiger partial charge in [-0.05, 0) is 36.2 Å². The van der Waals surface area contributed by atoms with Crippen LogP contribution in [0.2, 0.25) is 0 Å². The van der Waals surface area contributed by atoms with E-state index in [4.69, 9.17) is 4.74 Å². The number of hydrogen-bond donors (Lipinski definition) is 1. The third kappa shape index (κ3) is 6.28. The lowest BCUT2D eigenvalue weighted by atomic mass is 10.0. The maximum atomic E-state index is 12.7. The Morgan fingerprint density at radius 2 is 1.75 bits per heavy atom. The molecule has 1 fully saturated rings. The second-order valence-corrected chi connectivity index (χ2v) is 6.68. The van der Waals surface area contributed by atoms with Crippen LogP contribution in [0.4, 0.5) is 8.78 Å². The van der Waals surface area contributed by atoms with E-state index in [1.54, 1.807) is 0 Å². The van der Waals surface area contributed by atoms with E-state index in [1.807, 2.05) is 30.3 Å². The highest BCUT2D eigenvalue weighted by molar-refractivity contribution is 5.94. The first kappa shape index (κ1) is 20.2. The number of nitrogens with zero attached hydrogens (tertiary/aromatic N) is 1. The number of amides is 1. The zero-order chi connectivity index (χ0) is 19.8. The fourth-order valence-corrected chi connectivity index (χ4v) is 3.21. The van der Waals surface area contributed by atoms with Crippen LogP contribution < -0.4 is 10.1 Å². The molecule has 0 radical (unpaired) electrons. The molecule has 1 amide bonds. The number of carbonyl (C=O) groups excluding carboxylic acids is 1. The van der Waals surface area contributed by atoms with Gasteiger partial charge in [-0.3, -0.25) is 9.69 Å². The first-order valence-corrected chi connectivity index (χ1v) is 9.30. The SMILES string of the molecule is O=C(NC(Cc1ccccc1)CN1CCOCC1)c1ccc(OC(F)F)cc1. The number of carbonyl (C=O) groups is 1. The molecular weight excluding hydrogens is 366 g/mol. The summed E-state index contributed by atoms with van der Waals surface area (Å²) in [6.07, 6.45) is 0.705. The van der Waals surface area contributed by atoms with Crippen molar-refractivity contribution < 1.29 is 23.0 Å². The van der Waals surface area contributed by atoms with Crippen LogP contribution in [0.1, 0.15) is 15.9 Å². The van der Waals surface area contributed by atoms with E-state index in [0.29, 0.717) is 25.2 Å². The average molecular weight is 390 g/mol. The normalized spacial score (nSPS) is 16.0. The van der Waals surface area contributed by atoms with Crippen molar-refractivity contribution in [2.75, 3.05) is 32.8 Å². The molecule has 1 saturated heterocycles. The molecule has 150 valence electrons. The second-order valence-electron chi connectivity index (χ2n) is 6.68. The molecule has 0 aliphatic carbocycles. The van der Waals surface area contributed by atoms with Crippen molar-refractivity contribution in [2.45, 2.75) is 19.1 Å². The van der Waals surface area contributed by atoms with Gasteiger partial charge in [0.15, 0.2) is 0 Å². The smallest absolute Gasteiger partial charge is 0.387 e. The van der Waals surface area contributed by atoms with Crippen LogP contribution in [0.15, 0.2) is 54.6 Å². The first-order valence-electron chi connectivity index (χ1n) is 9.30. The Morgan fingerprint density at radius 1 is 1.07 bits per heavy atom. The largest absolute Gasteiger partial charge is 0.435 e. The third-order valence-corrected chi connectivity index (χ3v) is 4.58. The Morgan fingerprint density at radius 3 is 2.39 bits per heavy atom. The molecule has 1 heterocycles. The molecule has 2 aromatic rings. The van der Waals surface area contributed by atoms with Gasteiger partial charge in [0, 0.05) is 31.2 Å². The van der Waals surface area contributed by atoms with Gasteiger partial charge in [-0.15, -0.1) is 0 Å². The number of benzene rings is 2. The summed E-state index contributed by atoms with van der Waals surface area (Å²) in [6, 6.07) is 15.6. The van der Waals surface area contributed by atoms with E-state index in [1.165, 1.54) is 24.3 Å². The van der Waals surface area contributed by atoms with E-state index in [-0.39, 0.29) is 17.7 Å². The molecule has 2 aromatic carbocycles. The van der Waals surface area contributed by atoms with Gasteiger partial charge in [0.05, 0.1) is 13.2 Å². The lowest BCUT2D eigenvalue weighted by molar-refractivity contribution is -0.0498. The molecule has 1 unspecified atom stereocenters. The number of morpholine rings is 1. The Balaban J connectivity index is 1.65.